The number of rotatable bonds is 4. The largest absolute Gasteiger partial charge is 0.508 e. The Morgan fingerprint density at radius 2 is 1.79 bits per heavy atom. The number of nitrogens with zero attached hydrogens (tertiary/aromatic N) is 1. The molecule has 218 valence electrons. The van der Waals surface area contributed by atoms with Gasteiger partial charge in [-0.1, -0.05) is 18.8 Å². The van der Waals surface area contributed by atoms with Gasteiger partial charge in [0.15, 0.2) is 17.2 Å². The summed E-state index contributed by atoms with van der Waals surface area (Å²) < 4.78 is 5.17. The van der Waals surface area contributed by atoms with E-state index in [0.717, 1.165) is 12.5 Å². The molecular weight excluding hydrogens is 538 g/mol. The second-order valence-corrected chi connectivity index (χ2v) is 11.3. The van der Waals surface area contributed by atoms with Crippen LogP contribution in [0.4, 0.5) is 0 Å². The lowest BCUT2D eigenvalue weighted by Gasteiger charge is -2.50. The number of aliphatic hydroxyl groups is 3. The Kier molecular flexibility index (Phi) is 7.25. The quantitative estimate of drug-likeness (QED) is 0.321. The van der Waals surface area contributed by atoms with Gasteiger partial charge in [-0.05, 0) is 87.7 Å². The van der Waals surface area contributed by atoms with Crippen molar-refractivity contribution in [3.05, 3.63) is 75.1 Å². The van der Waals surface area contributed by atoms with Crippen LogP contribution in [0.1, 0.15) is 48.1 Å². The van der Waals surface area contributed by atoms with E-state index in [9.17, 15) is 34.8 Å². The number of phenols is 1. The number of carbonyl (C=O) groups is 3. The highest BCUT2D eigenvalue weighted by molar-refractivity contribution is 6.25. The van der Waals surface area contributed by atoms with Gasteiger partial charge in [-0.2, -0.15) is 0 Å². The van der Waals surface area contributed by atoms with Crippen molar-refractivity contribution >= 4 is 23.1 Å². The molecule has 4 N–H and O–H groups in total. The Labute approximate surface area is 243 Å². The molecule has 1 saturated carbocycles. The lowest BCUT2D eigenvalue weighted by Crippen LogP contribution is -2.65. The predicted octanol–water partition coefficient (Wildman–Crippen LogP) is 3.04. The molecule has 9 nitrogen and oxygen atoms in total. The van der Waals surface area contributed by atoms with Crippen molar-refractivity contribution < 1.29 is 39.5 Å². The highest BCUT2D eigenvalue weighted by atomic mass is 16.5. The zero-order valence-electron chi connectivity index (χ0n) is 24.1. The molecule has 42 heavy (non-hydrogen) atoms. The standard InChI is InChI=1S/C33H33NO8/c1-6-18-13-19(10-7-17-8-11-21(42-5)12-9-17)28(36)26-22(18)14-20-15-23-27(34(3)4)30(38)24(16(2)35)31(39)33(23,41)32(40)25(20)29(26)37/h8-9,11-13,20,23,27,36-37,39,41H,6,14-15H2,1-5H3/t20-,23-,27-,33+/m0/s1. The van der Waals surface area contributed by atoms with Crippen molar-refractivity contribution in [2.24, 2.45) is 11.8 Å². The van der Waals surface area contributed by atoms with Crippen LogP contribution in [0, 0.1) is 23.7 Å². The Bertz CT molecular complexity index is 1650. The molecule has 1 fully saturated rings. The SMILES string of the molecule is CCc1cc(C#Cc2ccc(OC)cc2)c(O)c2c1C[C@H]1C[C@H]3[C@H](N(C)C)C(=O)C(C(C)=O)=C(O)[C@@]3(O)C(=O)C1=C2O. The lowest BCUT2D eigenvalue weighted by atomic mass is 9.57. The zero-order chi connectivity index (χ0) is 30.7. The molecule has 2 aromatic carbocycles. The number of fused-ring (bicyclic) bond motifs is 3. The van der Waals surface area contributed by atoms with Crippen LogP contribution >= 0.6 is 0 Å². The van der Waals surface area contributed by atoms with Crippen LogP contribution < -0.4 is 4.74 Å². The number of phenolic OH excluding ortho intramolecular Hbond substituents is 1. The third-order valence-electron chi connectivity index (χ3n) is 8.73. The normalized spacial score (nSPS) is 25.0. The number of likely N-dealkylation sites (N-methyl/N-ethyl adjacent to an activating group) is 1. The summed E-state index contributed by atoms with van der Waals surface area (Å²) in [6.45, 7) is 3.02. The van der Waals surface area contributed by atoms with Gasteiger partial charge in [0.2, 0.25) is 5.78 Å². The van der Waals surface area contributed by atoms with E-state index in [1.54, 1.807) is 51.5 Å². The molecule has 3 aliphatic carbocycles. The van der Waals surface area contributed by atoms with Gasteiger partial charge in [0, 0.05) is 17.1 Å². The molecular formula is C33H33NO8. The summed E-state index contributed by atoms with van der Waals surface area (Å²) in [6.07, 6.45) is 0.892. The molecule has 0 amide bonds. The number of ketones is 3. The summed E-state index contributed by atoms with van der Waals surface area (Å²) in [6, 6.07) is 7.79. The number of benzene rings is 2. The molecule has 0 unspecified atom stereocenters. The Balaban J connectivity index is 1.68. The molecule has 0 radical (unpaired) electrons. The second kappa shape index (κ2) is 10.5. The van der Waals surface area contributed by atoms with Crippen LogP contribution in [0.15, 0.2) is 47.2 Å². The molecule has 0 aromatic heterocycles. The Morgan fingerprint density at radius 3 is 2.36 bits per heavy atom. The van der Waals surface area contributed by atoms with Crippen LogP contribution in [0.25, 0.3) is 5.76 Å². The van der Waals surface area contributed by atoms with Gasteiger partial charge in [-0.25, -0.2) is 0 Å². The molecule has 0 spiro atoms. The van der Waals surface area contributed by atoms with Crippen LogP contribution in [-0.2, 0) is 27.2 Å². The molecule has 3 aliphatic rings. The van der Waals surface area contributed by atoms with E-state index in [1.807, 2.05) is 6.92 Å². The Hall–Kier alpha value is -4.39. The number of methoxy groups -OCH3 is 1. The third kappa shape index (κ3) is 4.21. The van der Waals surface area contributed by atoms with Crippen LogP contribution in [0.2, 0.25) is 0 Å². The van der Waals surface area contributed by atoms with E-state index >= 15 is 0 Å². The van der Waals surface area contributed by atoms with Crippen molar-refractivity contribution in [2.75, 3.05) is 21.2 Å². The number of ether oxygens (including phenoxy) is 1. The number of aliphatic hydroxyl groups excluding tert-OH is 2. The van der Waals surface area contributed by atoms with E-state index < -0.39 is 57.9 Å². The number of aromatic hydroxyl groups is 1. The molecule has 9 heteroatoms. The number of hydrogen-bond donors (Lipinski definition) is 4. The maximum absolute atomic E-state index is 14.1. The first-order valence-electron chi connectivity index (χ1n) is 13.8. The average Bonchev–Trinajstić information content (AvgIpc) is 2.94. The third-order valence-corrected chi connectivity index (χ3v) is 8.73. The van der Waals surface area contributed by atoms with Crippen LogP contribution in [0.3, 0.4) is 0 Å². The molecule has 2 aromatic rings. The second-order valence-electron chi connectivity index (χ2n) is 11.3. The summed E-state index contributed by atoms with van der Waals surface area (Å²) in [7, 11) is 4.77. The van der Waals surface area contributed by atoms with Crippen molar-refractivity contribution in [3.8, 4) is 23.3 Å². The number of carbonyl (C=O) groups excluding carboxylic acids is 3. The van der Waals surface area contributed by atoms with E-state index in [2.05, 4.69) is 11.8 Å². The minimum Gasteiger partial charge on any atom is -0.508 e. The maximum atomic E-state index is 14.1. The molecule has 0 bridgehead atoms. The summed E-state index contributed by atoms with van der Waals surface area (Å²) in [5.41, 5.74) is -0.909. The predicted molar refractivity (Wildman–Crippen MR) is 154 cm³/mol. The summed E-state index contributed by atoms with van der Waals surface area (Å²) >= 11 is 0. The van der Waals surface area contributed by atoms with Gasteiger partial charge in [-0.15, -0.1) is 0 Å². The first-order valence-corrected chi connectivity index (χ1v) is 13.8. The monoisotopic (exact) mass is 571 g/mol. The summed E-state index contributed by atoms with van der Waals surface area (Å²) in [4.78, 5) is 41.3. The fourth-order valence-corrected chi connectivity index (χ4v) is 6.72. The molecule has 0 saturated heterocycles. The smallest absolute Gasteiger partial charge is 0.202 e. The van der Waals surface area contributed by atoms with Gasteiger partial charge in [0.05, 0.1) is 24.3 Å². The van der Waals surface area contributed by atoms with Gasteiger partial charge >= 0.3 is 0 Å². The first kappa shape index (κ1) is 29.1. The van der Waals surface area contributed by atoms with Crippen molar-refractivity contribution in [1.29, 1.82) is 0 Å². The number of hydrogen-bond acceptors (Lipinski definition) is 9. The number of Topliss-reactive ketones (excluding diaryl/α,β-unsaturated/α-hetero) is 3. The van der Waals surface area contributed by atoms with E-state index in [-0.39, 0.29) is 35.3 Å². The first-order chi connectivity index (χ1) is 19.9. The summed E-state index contributed by atoms with van der Waals surface area (Å²) in [5, 5.41) is 45.8. The molecule has 5 rings (SSSR count). The summed E-state index contributed by atoms with van der Waals surface area (Å²) in [5.74, 6) is 0.745. The van der Waals surface area contributed by atoms with Gasteiger partial charge < -0.3 is 25.2 Å². The van der Waals surface area contributed by atoms with Crippen LogP contribution in [-0.4, -0.2) is 75.5 Å². The number of aryl methyl sites for hydroxylation is 1. The van der Waals surface area contributed by atoms with Crippen molar-refractivity contribution in [1.82, 2.24) is 4.90 Å². The van der Waals surface area contributed by atoms with Gasteiger partial charge in [0.1, 0.15) is 28.6 Å². The Morgan fingerprint density at radius 1 is 1.12 bits per heavy atom. The van der Waals surface area contributed by atoms with Crippen molar-refractivity contribution in [3.63, 3.8) is 0 Å². The fourth-order valence-electron chi connectivity index (χ4n) is 6.72. The topological polar surface area (TPSA) is 145 Å². The maximum Gasteiger partial charge on any atom is 0.202 e. The van der Waals surface area contributed by atoms with Crippen molar-refractivity contribution in [2.45, 2.75) is 44.8 Å². The van der Waals surface area contributed by atoms with E-state index in [4.69, 9.17) is 4.74 Å². The highest BCUT2D eigenvalue weighted by Gasteiger charge is 2.64. The molecule has 0 heterocycles. The van der Waals surface area contributed by atoms with E-state index in [1.165, 1.54) is 4.90 Å². The minimum absolute atomic E-state index is 0.0568. The minimum atomic E-state index is -2.60. The highest BCUT2D eigenvalue weighted by Crippen LogP contribution is 2.53. The lowest BCUT2D eigenvalue weighted by molar-refractivity contribution is -0.153. The van der Waals surface area contributed by atoms with E-state index in [0.29, 0.717) is 23.3 Å². The van der Waals surface area contributed by atoms with Gasteiger partial charge in [0.25, 0.3) is 0 Å². The fraction of sp³-hybridized carbons (Fsp3) is 0.364. The van der Waals surface area contributed by atoms with Gasteiger partial charge in [-0.3, -0.25) is 19.3 Å². The average molecular weight is 572 g/mol. The molecule has 0 aliphatic heterocycles. The molecule has 4 atom stereocenters. The zero-order valence-corrected chi connectivity index (χ0v) is 24.1. The van der Waals surface area contributed by atoms with Crippen LogP contribution in [0.5, 0.6) is 11.5 Å².